The Morgan fingerprint density at radius 3 is 2.64 bits per heavy atom. The molecule has 0 bridgehead atoms. The number of aromatic nitrogens is 1. The van der Waals surface area contributed by atoms with E-state index in [1.165, 1.54) is 4.90 Å². The van der Waals surface area contributed by atoms with Crippen molar-refractivity contribution >= 4 is 34.8 Å². The number of pyridine rings is 1. The van der Waals surface area contributed by atoms with Crippen molar-refractivity contribution in [3.05, 3.63) is 54.4 Å². The highest BCUT2D eigenvalue weighted by atomic mass is 32.1. The third-order valence-electron chi connectivity index (χ3n) is 4.55. The summed E-state index contributed by atoms with van der Waals surface area (Å²) in [6, 6.07) is 10.2. The molecule has 28 heavy (non-hydrogen) atoms. The molecule has 146 valence electrons. The van der Waals surface area contributed by atoms with E-state index in [4.69, 9.17) is 17.0 Å². The van der Waals surface area contributed by atoms with Gasteiger partial charge in [-0.15, -0.1) is 0 Å². The van der Waals surface area contributed by atoms with E-state index in [9.17, 15) is 9.59 Å². The summed E-state index contributed by atoms with van der Waals surface area (Å²) in [6.45, 7) is 2.76. The van der Waals surface area contributed by atoms with E-state index in [-0.39, 0.29) is 18.2 Å². The fourth-order valence-corrected chi connectivity index (χ4v) is 3.52. The molecular formula is C20H22N4O3S. The van der Waals surface area contributed by atoms with E-state index in [0.717, 1.165) is 5.56 Å². The number of hydrogen-bond acceptors (Lipinski definition) is 5. The number of hydrogen-bond donors (Lipinski definition) is 1. The Morgan fingerprint density at radius 2 is 2.04 bits per heavy atom. The van der Waals surface area contributed by atoms with Crippen LogP contribution in [0.3, 0.4) is 0 Å². The van der Waals surface area contributed by atoms with Gasteiger partial charge in [-0.05, 0) is 55.0 Å². The molecule has 1 aliphatic heterocycles. The summed E-state index contributed by atoms with van der Waals surface area (Å²) in [4.78, 5) is 32.8. The number of likely N-dealkylation sites (N-methyl/N-ethyl adjacent to an activating group) is 1. The average molecular weight is 398 g/mol. The van der Waals surface area contributed by atoms with Crippen LogP contribution >= 0.6 is 12.2 Å². The number of thiocarbonyl (C=S) groups is 1. The standard InChI is InChI=1S/C20H22N4O3S/c1-3-23-19(26)17(24(20(23)28)13-14-5-4-10-21-12-14)11-18(25)22-15-6-8-16(27-2)9-7-15/h4-10,12,17H,3,11,13H2,1-2H3,(H,22,25)/t17-/m1/s1. The molecule has 7 nitrogen and oxygen atoms in total. The summed E-state index contributed by atoms with van der Waals surface area (Å²) >= 11 is 5.49. The topological polar surface area (TPSA) is 74.8 Å². The largest absolute Gasteiger partial charge is 0.497 e. The van der Waals surface area contributed by atoms with Crippen LogP contribution in [0.25, 0.3) is 0 Å². The molecule has 0 saturated carbocycles. The first-order chi connectivity index (χ1) is 13.5. The van der Waals surface area contributed by atoms with Gasteiger partial charge < -0.3 is 15.0 Å². The molecule has 2 aromatic rings. The van der Waals surface area contributed by atoms with Gasteiger partial charge in [-0.2, -0.15) is 0 Å². The van der Waals surface area contributed by atoms with Gasteiger partial charge in [0.15, 0.2) is 5.11 Å². The van der Waals surface area contributed by atoms with Gasteiger partial charge in [-0.1, -0.05) is 6.07 Å². The van der Waals surface area contributed by atoms with E-state index in [0.29, 0.717) is 29.6 Å². The number of anilines is 1. The Kier molecular flexibility index (Phi) is 6.20. The zero-order chi connectivity index (χ0) is 20.1. The lowest BCUT2D eigenvalue weighted by Crippen LogP contribution is -2.37. The van der Waals surface area contributed by atoms with Crippen LogP contribution in [0.1, 0.15) is 18.9 Å². The fourth-order valence-electron chi connectivity index (χ4n) is 3.11. The molecule has 1 aromatic carbocycles. The summed E-state index contributed by atoms with van der Waals surface area (Å²) in [5, 5.41) is 3.27. The van der Waals surface area contributed by atoms with Crippen molar-refractivity contribution in [1.82, 2.24) is 14.8 Å². The maximum absolute atomic E-state index is 12.8. The molecule has 0 radical (unpaired) electrons. The van der Waals surface area contributed by atoms with Gasteiger partial charge in [0.1, 0.15) is 11.8 Å². The van der Waals surface area contributed by atoms with Crippen LogP contribution in [-0.2, 0) is 16.1 Å². The number of amides is 2. The number of carbonyl (C=O) groups is 2. The van der Waals surface area contributed by atoms with E-state index in [2.05, 4.69) is 10.3 Å². The van der Waals surface area contributed by atoms with Crippen molar-refractivity contribution in [2.45, 2.75) is 25.9 Å². The number of nitrogens with one attached hydrogen (secondary N) is 1. The average Bonchev–Trinajstić information content (AvgIpc) is 2.92. The highest BCUT2D eigenvalue weighted by Crippen LogP contribution is 2.24. The minimum Gasteiger partial charge on any atom is -0.497 e. The zero-order valence-electron chi connectivity index (χ0n) is 15.8. The van der Waals surface area contributed by atoms with Crippen molar-refractivity contribution in [3.63, 3.8) is 0 Å². The van der Waals surface area contributed by atoms with Crippen molar-refractivity contribution in [2.75, 3.05) is 19.0 Å². The molecule has 1 fully saturated rings. The molecule has 0 spiro atoms. The lowest BCUT2D eigenvalue weighted by Gasteiger charge is -2.23. The van der Waals surface area contributed by atoms with Gasteiger partial charge in [0.05, 0.1) is 13.5 Å². The predicted octanol–water partition coefficient (Wildman–Crippen LogP) is 2.44. The molecule has 2 heterocycles. The second kappa shape index (κ2) is 8.79. The van der Waals surface area contributed by atoms with Crippen LogP contribution in [0.4, 0.5) is 5.69 Å². The Bertz CT molecular complexity index is 858. The van der Waals surface area contributed by atoms with Crippen LogP contribution in [0.15, 0.2) is 48.8 Å². The third kappa shape index (κ3) is 4.28. The molecule has 1 saturated heterocycles. The number of methoxy groups -OCH3 is 1. The second-order valence-electron chi connectivity index (χ2n) is 6.35. The monoisotopic (exact) mass is 398 g/mol. The first-order valence-corrected chi connectivity index (χ1v) is 9.39. The molecular weight excluding hydrogens is 376 g/mol. The Labute approximate surface area is 169 Å². The van der Waals surface area contributed by atoms with Gasteiger partial charge in [-0.25, -0.2) is 0 Å². The molecule has 8 heteroatoms. The maximum atomic E-state index is 12.8. The Hall–Kier alpha value is -3.00. The first kappa shape index (κ1) is 19.8. The number of benzene rings is 1. The van der Waals surface area contributed by atoms with Gasteiger partial charge >= 0.3 is 0 Å². The van der Waals surface area contributed by atoms with Crippen molar-refractivity contribution < 1.29 is 14.3 Å². The highest BCUT2D eigenvalue weighted by molar-refractivity contribution is 7.80. The van der Waals surface area contributed by atoms with Crippen LogP contribution in [0.5, 0.6) is 5.75 Å². The third-order valence-corrected chi connectivity index (χ3v) is 5.00. The molecule has 1 aliphatic rings. The molecule has 1 atom stereocenters. The first-order valence-electron chi connectivity index (χ1n) is 8.98. The number of nitrogens with zero attached hydrogens (tertiary/aromatic N) is 3. The molecule has 2 amide bonds. The van der Waals surface area contributed by atoms with Crippen LogP contribution in [0.2, 0.25) is 0 Å². The second-order valence-corrected chi connectivity index (χ2v) is 6.72. The van der Waals surface area contributed by atoms with Crippen molar-refractivity contribution in [1.29, 1.82) is 0 Å². The molecule has 0 aliphatic carbocycles. The van der Waals surface area contributed by atoms with Crippen LogP contribution in [0, 0.1) is 0 Å². The lowest BCUT2D eigenvalue weighted by molar-refractivity contribution is -0.130. The van der Waals surface area contributed by atoms with Gasteiger partial charge in [0, 0.05) is 31.2 Å². The molecule has 1 aromatic heterocycles. The Morgan fingerprint density at radius 1 is 1.29 bits per heavy atom. The summed E-state index contributed by atoms with van der Waals surface area (Å²) in [5.74, 6) is 0.303. The van der Waals surface area contributed by atoms with Crippen LogP contribution in [-0.4, -0.2) is 51.4 Å². The minimum absolute atomic E-state index is 0.0156. The number of rotatable bonds is 7. The minimum atomic E-state index is -0.633. The summed E-state index contributed by atoms with van der Waals surface area (Å²) < 4.78 is 5.11. The molecule has 1 N–H and O–H groups in total. The van der Waals surface area contributed by atoms with Gasteiger partial charge in [0.25, 0.3) is 5.91 Å². The van der Waals surface area contributed by atoms with E-state index < -0.39 is 6.04 Å². The summed E-state index contributed by atoms with van der Waals surface area (Å²) in [7, 11) is 1.58. The SMILES string of the molecule is CCN1C(=O)[C@@H](CC(=O)Nc2ccc(OC)cc2)N(Cc2cccnc2)C1=S. The fraction of sp³-hybridized carbons (Fsp3) is 0.300. The lowest BCUT2D eigenvalue weighted by atomic mass is 10.1. The van der Waals surface area contributed by atoms with E-state index in [1.54, 1.807) is 48.7 Å². The number of ether oxygens (including phenoxy) is 1. The maximum Gasteiger partial charge on any atom is 0.252 e. The van der Waals surface area contributed by atoms with Gasteiger partial charge in [0.2, 0.25) is 5.91 Å². The Balaban J connectivity index is 1.73. The van der Waals surface area contributed by atoms with Crippen molar-refractivity contribution in [2.24, 2.45) is 0 Å². The van der Waals surface area contributed by atoms with E-state index in [1.807, 2.05) is 19.1 Å². The smallest absolute Gasteiger partial charge is 0.252 e. The molecule has 3 rings (SSSR count). The van der Waals surface area contributed by atoms with E-state index >= 15 is 0 Å². The quantitative estimate of drug-likeness (QED) is 0.722. The predicted molar refractivity (Wildman–Crippen MR) is 110 cm³/mol. The van der Waals surface area contributed by atoms with Crippen LogP contribution < -0.4 is 10.1 Å². The number of carbonyl (C=O) groups excluding carboxylic acids is 2. The van der Waals surface area contributed by atoms with Gasteiger partial charge in [-0.3, -0.25) is 19.5 Å². The van der Waals surface area contributed by atoms with Crippen molar-refractivity contribution in [3.8, 4) is 5.75 Å². The molecule has 0 unspecified atom stereocenters. The summed E-state index contributed by atoms with van der Waals surface area (Å²) in [5.41, 5.74) is 1.57. The summed E-state index contributed by atoms with van der Waals surface area (Å²) in [6.07, 6.45) is 3.44. The highest BCUT2D eigenvalue weighted by Gasteiger charge is 2.42. The zero-order valence-corrected chi connectivity index (χ0v) is 16.6. The normalized spacial score (nSPS) is 16.4.